The zero-order chi connectivity index (χ0) is 17.6. The third-order valence-electron chi connectivity index (χ3n) is 4.52. The standard InChI is InChI=1S/C20H24N2O3/c1-24-18-10-2-3-11-19(18)25-16-8-6-7-15(13-16)14-22-12-5-4-9-17(22)20(21)23/h2-3,6-8,10-11,13,17H,4-5,9,12,14H2,1H3,(H2,21,23). The molecule has 1 unspecified atom stereocenters. The number of primary amides is 1. The molecule has 1 atom stereocenters. The maximum Gasteiger partial charge on any atom is 0.234 e. The molecule has 0 aromatic heterocycles. The van der Waals surface area contributed by atoms with E-state index in [1.54, 1.807) is 7.11 Å². The molecular formula is C20H24N2O3. The molecule has 1 aliphatic heterocycles. The van der Waals surface area contributed by atoms with E-state index in [0.29, 0.717) is 18.0 Å². The molecule has 1 heterocycles. The van der Waals surface area contributed by atoms with Gasteiger partial charge in [0, 0.05) is 6.54 Å². The van der Waals surface area contributed by atoms with Crippen molar-refractivity contribution < 1.29 is 14.3 Å². The molecule has 132 valence electrons. The van der Waals surface area contributed by atoms with Crippen LogP contribution >= 0.6 is 0 Å². The third kappa shape index (κ3) is 4.31. The molecule has 5 heteroatoms. The number of piperidine rings is 1. The number of ether oxygens (including phenoxy) is 2. The van der Waals surface area contributed by atoms with Crippen LogP contribution in [0.25, 0.3) is 0 Å². The second-order valence-electron chi connectivity index (χ2n) is 6.28. The van der Waals surface area contributed by atoms with Crippen LogP contribution in [0.4, 0.5) is 0 Å². The molecule has 5 nitrogen and oxygen atoms in total. The zero-order valence-corrected chi connectivity index (χ0v) is 14.5. The Bertz CT molecular complexity index is 732. The van der Waals surface area contributed by atoms with Crippen LogP contribution in [0, 0.1) is 0 Å². The fourth-order valence-electron chi connectivity index (χ4n) is 3.27. The van der Waals surface area contributed by atoms with Gasteiger partial charge in [0.2, 0.25) is 5.91 Å². The highest BCUT2D eigenvalue weighted by atomic mass is 16.5. The van der Waals surface area contributed by atoms with E-state index < -0.39 is 0 Å². The molecule has 2 aromatic rings. The number of benzene rings is 2. The van der Waals surface area contributed by atoms with E-state index in [1.165, 1.54) is 0 Å². The number of para-hydroxylation sites is 2. The number of hydrogen-bond donors (Lipinski definition) is 1. The molecule has 1 fully saturated rings. The third-order valence-corrected chi connectivity index (χ3v) is 4.52. The van der Waals surface area contributed by atoms with E-state index in [-0.39, 0.29) is 11.9 Å². The van der Waals surface area contributed by atoms with Crippen molar-refractivity contribution in [3.05, 3.63) is 54.1 Å². The van der Waals surface area contributed by atoms with Gasteiger partial charge in [0.25, 0.3) is 0 Å². The van der Waals surface area contributed by atoms with Gasteiger partial charge in [-0.1, -0.05) is 30.7 Å². The normalized spacial score (nSPS) is 17.9. The molecule has 1 aliphatic rings. The van der Waals surface area contributed by atoms with Crippen molar-refractivity contribution >= 4 is 5.91 Å². The number of nitrogens with two attached hydrogens (primary N) is 1. The second-order valence-corrected chi connectivity index (χ2v) is 6.28. The minimum atomic E-state index is -0.235. The van der Waals surface area contributed by atoms with Gasteiger partial charge in [-0.25, -0.2) is 0 Å². The van der Waals surface area contributed by atoms with Crippen LogP contribution in [-0.2, 0) is 11.3 Å². The first-order chi connectivity index (χ1) is 12.2. The molecule has 3 rings (SSSR count). The molecule has 2 N–H and O–H groups in total. The molecule has 0 bridgehead atoms. The van der Waals surface area contributed by atoms with Crippen molar-refractivity contribution in [2.75, 3.05) is 13.7 Å². The van der Waals surface area contributed by atoms with Gasteiger partial charge in [-0.3, -0.25) is 9.69 Å². The molecule has 1 saturated heterocycles. The summed E-state index contributed by atoms with van der Waals surface area (Å²) < 4.78 is 11.3. The van der Waals surface area contributed by atoms with Crippen molar-refractivity contribution in [3.8, 4) is 17.2 Å². The number of likely N-dealkylation sites (tertiary alicyclic amines) is 1. The fraction of sp³-hybridized carbons (Fsp3) is 0.350. The average molecular weight is 340 g/mol. The Morgan fingerprint density at radius 2 is 1.96 bits per heavy atom. The lowest BCUT2D eigenvalue weighted by atomic mass is 10.0. The summed E-state index contributed by atoms with van der Waals surface area (Å²) in [5.74, 6) is 1.88. The zero-order valence-electron chi connectivity index (χ0n) is 14.5. The van der Waals surface area contributed by atoms with E-state index in [2.05, 4.69) is 4.90 Å². The second kappa shape index (κ2) is 8.03. The first-order valence-corrected chi connectivity index (χ1v) is 8.60. The monoisotopic (exact) mass is 340 g/mol. The number of amides is 1. The molecule has 0 radical (unpaired) electrons. The topological polar surface area (TPSA) is 64.8 Å². The minimum Gasteiger partial charge on any atom is -0.493 e. The summed E-state index contributed by atoms with van der Waals surface area (Å²) in [6, 6.07) is 15.3. The number of carbonyl (C=O) groups excluding carboxylic acids is 1. The summed E-state index contributed by atoms with van der Waals surface area (Å²) in [4.78, 5) is 13.8. The molecule has 1 amide bonds. The van der Waals surface area contributed by atoms with Gasteiger partial charge in [-0.2, -0.15) is 0 Å². The predicted octanol–water partition coefficient (Wildman–Crippen LogP) is 3.33. The van der Waals surface area contributed by atoms with E-state index in [0.717, 1.165) is 37.1 Å². The molecule has 0 saturated carbocycles. The highest BCUT2D eigenvalue weighted by Crippen LogP contribution is 2.31. The van der Waals surface area contributed by atoms with Crippen LogP contribution in [0.3, 0.4) is 0 Å². The first kappa shape index (κ1) is 17.3. The molecule has 2 aromatic carbocycles. The van der Waals surface area contributed by atoms with Gasteiger partial charge < -0.3 is 15.2 Å². The van der Waals surface area contributed by atoms with Crippen molar-refractivity contribution in [1.29, 1.82) is 0 Å². The Labute approximate surface area is 148 Å². The number of carbonyl (C=O) groups is 1. The Morgan fingerprint density at radius 1 is 1.16 bits per heavy atom. The van der Waals surface area contributed by atoms with Crippen molar-refractivity contribution in [2.24, 2.45) is 5.73 Å². The van der Waals surface area contributed by atoms with Crippen LogP contribution in [0.2, 0.25) is 0 Å². The highest BCUT2D eigenvalue weighted by Gasteiger charge is 2.26. The predicted molar refractivity (Wildman–Crippen MR) is 96.8 cm³/mol. The Morgan fingerprint density at radius 3 is 2.72 bits per heavy atom. The van der Waals surface area contributed by atoms with Crippen molar-refractivity contribution in [3.63, 3.8) is 0 Å². The lowest BCUT2D eigenvalue weighted by Crippen LogP contribution is -2.47. The SMILES string of the molecule is COc1ccccc1Oc1cccc(CN2CCCCC2C(N)=O)c1. The molecule has 0 spiro atoms. The van der Waals surface area contributed by atoms with E-state index in [1.807, 2.05) is 48.5 Å². The van der Waals surface area contributed by atoms with Gasteiger partial charge in [0.15, 0.2) is 11.5 Å². The lowest BCUT2D eigenvalue weighted by Gasteiger charge is -2.33. The van der Waals surface area contributed by atoms with Crippen LogP contribution in [-0.4, -0.2) is 30.5 Å². The Kier molecular flexibility index (Phi) is 5.56. The van der Waals surface area contributed by atoms with Gasteiger partial charge in [0.05, 0.1) is 13.2 Å². The van der Waals surface area contributed by atoms with Crippen LogP contribution in [0.15, 0.2) is 48.5 Å². The van der Waals surface area contributed by atoms with Crippen molar-refractivity contribution in [1.82, 2.24) is 4.90 Å². The maximum absolute atomic E-state index is 11.7. The van der Waals surface area contributed by atoms with Gasteiger partial charge in [0.1, 0.15) is 5.75 Å². The van der Waals surface area contributed by atoms with Gasteiger partial charge in [-0.05, 0) is 49.2 Å². The first-order valence-electron chi connectivity index (χ1n) is 8.60. The van der Waals surface area contributed by atoms with Gasteiger partial charge in [-0.15, -0.1) is 0 Å². The largest absolute Gasteiger partial charge is 0.493 e. The number of methoxy groups -OCH3 is 1. The minimum absolute atomic E-state index is 0.174. The smallest absolute Gasteiger partial charge is 0.234 e. The Balaban J connectivity index is 1.74. The quantitative estimate of drug-likeness (QED) is 0.876. The highest BCUT2D eigenvalue weighted by molar-refractivity contribution is 5.79. The summed E-state index contributed by atoms with van der Waals surface area (Å²) in [5.41, 5.74) is 6.65. The summed E-state index contributed by atoms with van der Waals surface area (Å²) in [6.07, 6.45) is 3.00. The summed E-state index contributed by atoms with van der Waals surface area (Å²) in [6.45, 7) is 1.59. The average Bonchev–Trinajstić information content (AvgIpc) is 2.63. The van der Waals surface area contributed by atoms with E-state index in [9.17, 15) is 4.79 Å². The van der Waals surface area contributed by atoms with E-state index >= 15 is 0 Å². The molecule has 25 heavy (non-hydrogen) atoms. The van der Waals surface area contributed by atoms with Crippen LogP contribution < -0.4 is 15.2 Å². The molecular weight excluding hydrogens is 316 g/mol. The summed E-state index contributed by atoms with van der Waals surface area (Å²) in [7, 11) is 1.62. The molecule has 0 aliphatic carbocycles. The fourth-order valence-corrected chi connectivity index (χ4v) is 3.27. The Hall–Kier alpha value is -2.53. The lowest BCUT2D eigenvalue weighted by molar-refractivity contribution is -0.124. The van der Waals surface area contributed by atoms with Crippen molar-refractivity contribution in [2.45, 2.75) is 31.8 Å². The maximum atomic E-state index is 11.7. The van der Waals surface area contributed by atoms with Crippen LogP contribution in [0.1, 0.15) is 24.8 Å². The number of hydrogen-bond acceptors (Lipinski definition) is 4. The van der Waals surface area contributed by atoms with Gasteiger partial charge >= 0.3 is 0 Å². The van der Waals surface area contributed by atoms with E-state index in [4.69, 9.17) is 15.2 Å². The number of nitrogens with zero attached hydrogens (tertiary/aromatic N) is 1. The summed E-state index contributed by atoms with van der Waals surface area (Å²) >= 11 is 0. The summed E-state index contributed by atoms with van der Waals surface area (Å²) in [5, 5.41) is 0. The number of rotatable bonds is 6. The van der Waals surface area contributed by atoms with Crippen LogP contribution in [0.5, 0.6) is 17.2 Å².